The zero-order valence-corrected chi connectivity index (χ0v) is 12.6. The standard InChI is InChI=1S/C12H9BrClNO3S/c13-11-7-10(5-6-12(11)14)19(17,18)15-8-1-3-9(16)4-2-8/h1-7,15-16H. The zero-order chi connectivity index (χ0) is 14.0. The van der Waals surface area contributed by atoms with Crippen LogP contribution in [0.5, 0.6) is 5.75 Å². The van der Waals surface area contributed by atoms with Crippen molar-refractivity contribution < 1.29 is 13.5 Å². The van der Waals surface area contributed by atoms with E-state index in [0.717, 1.165) is 0 Å². The van der Waals surface area contributed by atoms with Crippen molar-refractivity contribution in [1.82, 2.24) is 0 Å². The summed E-state index contributed by atoms with van der Waals surface area (Å²) in [5.74, 6) is 0.0668. The summed E-state index contributed by atoms with van der Waals surface area (Å²) in [4.78, 5) is 0.0943. The molecule has 19 heavy (non-hydrogen) atoms. The zero-order valence-electron chi connectivity index (χ0n) is 9.47. The van der Waals surface area contributed by atoms with Gasteiger partial charge >= 0.3 is 0 Å². The first-order valence-corrected chi connectivity index (χ1v) is 7.81. The van der Waals surface area contributed by atoms with Crippen LogP contribution in [-0.4, -0.2) is 13.5 Å². The Hall–Kier alpha value is -1.24. The first-order chi connectivity index (χ1) is 8.88. The molecular weight excluding hydrogens is 354 g/mol. The number of phenols is 1. The summed E-state index contributed by atoms with van der Waals surface area (Å²) in [6.07, 6.45) is 0. The first-order valence-electron chi connectivity index (χ1n) is 5.15. The molecule has 2 aromatic carbocycles. The Morgan fingerprint density at radius 3 is 2.32 bits per heavy atom. The second-order valence-electron chi connectivity index (χ2n) is 3.73. The number of nitrogens with one attached hydrogen (secondary N) is 1. The molecule has 2 N–H and O–H groups in total. The smallest absolute Gasteiger partial charge is 0.261 e. The van der Waals surface area contributed by atoms with Gasteiger partial charge in [-0.05, 0) is 58.4 Å². The van der Waals surface area contributed by atoms with Crippen LogP contribution in [0, 0.1) is 0 Å². The number of benzene rings is 2. The van der Waals surface area contributed by atoms with Crippen LogP contribution < -0.4 is 4.72 Å². The molecule has 4 nitrogen and oxygen atoms in total. The van der Waals surface area contributed by atoms with E-state index in [-0.39, 0.29) is 10.6 Å². The average Bonchev–Trinajstić information content (AvgIpc) is 2.35. The number of sulfonamides is 1. The van der Waals surface area contributed by atoms with E-state index in [1.165, 1.54) is 42.5 Å². The predicted octanol–water partition coefficient (Wildman–Crippen LogP) is 3.61. The minimum atomic E-state index is -3.69. The quantitative estimate of drug-likeness (QED) is 0.820. The Kier molecular flexibility index (Phi) is 4.03. The minimum absolute atomic E-state index is 0.0668. The third-order valence-electron chi connectivity index (χ3n) is 2.32. The molecule has 0 radical (unpaired) electrons. The van der Waals surface area contributed by atoms with Gasteiger partial charge in [-0.25, -0.2) is 8.42 Å². The average molecular weight is 363 g/mol. The molecule has 0 saturated heterocycles. The second-order valence-corrected chi connectivity index (χ2v) is 6.67. The van der Waals surface area contributed by atoms with Gasteiger partial charge in [-0.2, -0.15) is 0 Å². The van der Waals surface area contributed by atoms with Crippen molar-refractivity contribution in [3.05, 3.63) is 52.0 Å². The number of hydrogen-bond donors (Lipinski definition) is 2. The number of anilines is 1. The lowest BCUT2D eigenvalue weighted by molar-refractivity contribution is 0.475. The van der Waals surface area contributed by atoms with E-state index in [1.807, 2.05) is 0 Å². The molecule has 0 fully saturated rings. The van der Waals surface area contributed by atoms with Crippen LogP contribution in [0.3, 0.4) is 0 Å². The van der Waals surface area contributed by atoms with Gasteiger partial charge in [0.05, 0.1) is 9.92 Å². The van der Waals surface area contributed by atoms with Crippen molar-refractivity contribution in [2.45, 2.75) is 4.90 Å². The van der Waals surface area contributed by atoms with Crippen molar-refractivity contribution in [2.24, 2.45) is 0 Å². The molecule has 100 valence electrons. The van der Waals surface area contributed by atoms with Crippen molar-refractivity contribution in [3.8, 4) is 5.75 Å². The van der Waals surface area contributed by atoms with Crippen LogP contribution in [0.4, 0.5) is 5.69 Å². The molecule has 0 aliphatic rings. The number of aromatic hydroxyl groups is 1. The molecule has 0 aromatic heterocycles. The maximum atomic E-state index is 12.1. The summed E-state index contributed by atoms with van der Waals surface area (Å²) in [5.41, 5.74) is 0.365. The lowest BCUT2D eigenvalue weighted by atomic mass is 10.3. The van der Waals surface area contributed by atoms with E-state index in [4.69, 9.17) is 16.7 Å². The van der Waals surface area contributed by atoms with Crippen LogP contribution in [-0.2, 0) is 10.0 Å². The first kappa shape index (κ1) is 14.2. The highest BCUT2D eigenvalue weighted by atomic mass is 79.9. The maximum absolute atomic E-state index is 12.1. The molecule has 0 aliphatic heterocycles. The Morgan fingerprint density at radius 2 is 1.74 bits per heavy atom. The van der Waals surface area contributed by atoms with Gasteiger partial charge in [0.15, 0.2) is 0 Å². The van der Waals surface area contributed by atoms with Gasteiger partial charge in [-0.15, -0.1) is 0 Å². The Labute approximate surface area is 124 Å². The summed E-state index contributed by atoms with van der Waals surface area (Å²) >= 11 is 8.99. The van der Waals surface area contributed by atoms with Gasteiger partial charge in [0, 0.05) is 10.2 Å². The molecule has 0 unspecified atom stereocenters. The van der Waals surface area contributed by atoms with Crippen molar-refractivity contribution in [3.63, 3.8) is 0 Å². The summed E-state index contributed by atoms with van der Waals surface area (Å²) in [5, 5.41) is 9.57. The van der Waals surface area contributed by atoms with Gasteiger partial charge in [0.1, 0.15) is 5.75 Å². The SMILES string of the molecule is O=S(=O)(Nc1ccc(O)cc1)c1ccc(Cl)c(Br)c1. The summed E-state index contributed by atoms with van der Waals surface area (Å²) in [7, 11) is -3.69. The van der Waals surface area contributed by atoms with E-state index in [1.54, 1.807) is 0 Å². The molecule has 0 heterocycles. The van der Waals surface area contributed by atoms with E-state index in [2.05, 4.69) is 20.7 Å². The van der Waals surface area contributed by atoms with E-state index >= 15 is 0 Å². The Balaban J connectivity index is 2.32. The maximum Gasteiger partial charge on any atom is 0.261 e. The number of hydrogen-bond acceptors (Lipinski definition) is 3. The van der Waals surface area contributed by atoms with Gasteiger partial charge < -0.3 is 5.11 Å². The Bertz CT molecular complexity index is 701. The number of rotatable bonds is 3. The van der Waals surface area contributed by atoms with Crippen LogP contribution in [0.2, 0.25) is 5.02 Å². The highest BCUT2D eigenvalue weighted by molar-refractivity contribution is 9.10. The fourth-order valence-corrected chi connectivity index (χ4v) is 3.12. The number of phenolic OH excluding ortho intramolecular Hbond substituents is 1. The lowest BCUT2D eigenvalue weighted by Gasteiger charge is -2.09. The van der Waals surface area contributed by atoms with Gasteiger partial charge in [-0.3, -0.25) is 4.72 Å². The molecule has 2 aromatic rings. The van der Waals surface area contributed by atoms with Crippen LogP contribution in [0.25, 0.3) is 0 Å². The van der Waals surface area contributed by atoms with Gasteiger partial charge in [-0.1, -0.05) is 11.6 Å². The predicted molar refractivity (Wildman–Crippen MR) is 78.1 cm³/mol. The third-order valence-corrected chi connectivity index (χ3v) is 4.91. The molecule has 0 aliphatic carbocycles. The minimum Gasteiger partial charge on any atom is -0.508 e. The topological polar surface area (TPSA) is 66.4 Å². The highest BCUT2D eigenvalue weighted by Gasteiger charge is 2.15. The highest BCUT2D eigenvalue weighted by Crippen LogP contribution is 2.26. The van der Waals surface area contributed by atoms with Crippen LogP contribution in [0.15, 0.2) is 51.8 Å². The molecule has 7 heteroatoms. The summed E-state index contributed by atoms with van der Waals surface area (Å²) in [6, 6.07) is 10.1. The van der Waals surface area contributed by atoms with Gasteiger partial charge in [0.2, 0.25) is 0 Å². The fraction of sp³-hybridized carbons (Fsp3) is 0. The Morgan fingerprint density at radius 1 is 1.11 bits per heavy atom. The molecular formula is C12H9BrClNO3S. The molecule has 0 atom stereocenters. The van der Waals surface area contributed by atoms with Crippen molar-refractivity contribution >= 4 is 43.2 Å². The molecule has 0 saturated carbocycles. The summed E-state index contributed by atoms with van der Waals surface area (Å²) in [6.45, 7) is 0. The van der Waals surface area contributed by atoms with Gasteiger partial charge in [0.25, 0.3) is 10.0 Å². The van der Waals surface area contributed by atoms with Crippen LogP contribution >= 0.6 is 27.5 Å². The van der Waals surface area contributed by atoms with E-state index in [0.29, 0.717) is 15.2 Å². The third kappa shape index (κ3) is 3.40. The molecule has 0 bridgehead atoms. The fourth-order valence-electron chi connectivity index (χ4n) is 1.39. The second kappa shape index (κ2) is 5.40. The van der Waals surface area contributed by atoms with Crippen LogP contribution in [0.1, 0.15) is 0 Å². The van der Waals surface area contributed by atoms with Crippen molar-refractivity contribution in [2.75, 3.05) is 4.72 Å². The van der Waals surface area contributed by atoms with E-state index < -0.39 is 10.0 Å². The molecule has 0 amide bonds. The summed E-state index contributed by atoms with van der Waals surface area (Å²) < 4.78 is 27.1. The molecule has 2 rings (SSSR count). The van der Waals surface area contributed by atoms with E-state index in [9.17, 15) is 8.42 Å². The lowest BCUT2D eigenvalue weighted by Crippen LogP contribution is -2.12. The monoisotopic (exact) mass is 361 g/mol. The normalized spacial score (nSPS) is 11.3. The molecule has 0 spiro atoms. The van der Waals surface area contributed by atoms with Crippen molar-refractivity contribution in [1.29, 1.82) is 0 Å². The number of halogens is 2. The largest absolute Gasteiger partial charge is 0.508 e.